The van der Waals surface area contributed by atoms with E-state index in [1.54, 1.807) is 15.2 Å². The molecule has 5 nitrogen and oxygen atoms in total. The Kier molecular flexibility index (Phi) is 7.70. The molecule has 1 aromatic rings. The van der Waals surface area contributed by atoms with Crippen LogP contribution in [0.1, 0.15) is 46.5 Å². The molecule has 1 aromatic heterocycles. The zero-order valence-corrected chi connectivity index (χ0v) is 14.7. The van der Waals surface area contributed by atoms with Gasteiger partial charge >= 0.3 is 0 Å². The van der Waals surface area contributed by atoms with Crippen molar-refractivity contribution in [3.8, 4) is 0 Å². The summed E-state index contributed by atoms with van der Waals surface area (Å²) >= 11 is 5.65. The average Bonchev–Trinajstić information content (AvgIpc) is 2.94. The van der Waals surface area contributed by atoms with E-state index in [1.165, 1.54) is 6.20 Å². The van der Waals surface area contributed by atoms with Crippen molar-refractivity contribution in [2.75, 3.05) is 12.4 Å². The van der Waals surface area contributed by atoms with E-state index in [9.17, 15) is 8.42 Å². The van der Waals surface area contributed by atoms with E-state index < -0.39 is 10.0 Å². The average molecular weight is 336 g/mol. The van der Waals surface area contributed by atoms with Crippen molar-refractivity contribution in [1.29, 1.82) is 0 Å². The number of halogens is 1. The highest BCUT2D eigenvalue weighted by Gasteiger charge is 2.28. The third-order valence-corrected chi connectivity index (χ3v) is 5.79. The minimum absolute atomic E-state index is 0.00672. The fourth-order valence-corrected chi connectivity index (χ4v) is 3.87. The highest BCUT2D eigenvalue weighted by atomic mass is 35.5. The van der Waals surface area contributed by atoms with Crippen molar-refractivity contribution in [3.63, 3.8) is 0 Å². The Bertz CT molecular complexity index is 516. The monoisotopic (exact) mass is 335 g/mol. The number of hydrogen-bond donors (Lipinski definition) is 0. The summed E-state index contributed by atoms with van der Waals surface area (Å²) < 4.78 is 28.8. The molecule has 0 aromatic carbocycles. The first kappa shape index (κ1) is 18.5. The van der Waals surface area contributed by atoms with Gasteiger partial charge in [-0.2, -0.15) is 9.40 Å². The van der Waals surface area contributed by atoms with E-state index in [0.29, 0.717) is 19.0 Å². The fraction of sp³-hybridized carbons (Fsp3) is 0.786. The molecule has 7 heteroatoms. The topological polar surface area (TPSA) is 55.2 Å². The third-order valence-electron chi connectivity index (χ3n) is 3.55. The number of sulfonamides is 1. The summed E-state index contributed by atoms with van der Waals surface area (Å²) in [6.45, 7) is 7.21. The predicted octanol–water partition coefficient (Wildman–Crippen LogP) is 3.10. The summed E-state index contributed by atoms with van der Waals surface area (Å²) in [5, 5.41) is 4.12. The van der Waals surface area contributed by atoms with Crippen LogP contribution < -0.4 is 0 Å². The molecule has 0 aliphatic heterocycles. The summed E-state index contributed by atoms with van der Waals surface area (Å²) in [5.41, 5.74) is 0. The van der Waals surface area contributed by atoms with Gasteiger partial charge in [0.1, 0.15) is 4.90 Å². The van der Waals surface area contributed by atoms with Gasteiger partial charge in [-0.05, 0) is 26.2 Å². The van der Waals surface area contributed by atoms with Gasteiger partial charge < -0.3 is 0 Å². The SMILES string of the molecule is CCCCN(C(C)CC)S(=O)(=O)c1cnn(CCCCl)c1. The number of unbranched alkanes of at least 4 members (excludes halogenated alkanes) is 1. The molecular formula is C14H26ClN3O2S. The second kappa shape index (κ2) is 8.76. The Balaban J connectivity index is 2.96. The van der Waals surface area contributed by atoms with E-state index >= 15 is 0 Å². The number of aryl methyl sites for hydroxylation is 1. The third kappa shape index (κ3) is 4.97. The van der Waals surface area contributed by atoms with Crippen molar-refractivity contribution in [1.82, 2.24) is 14.1 Å². The first-order valence-electron chi connectivity index (χ1n) is 7.57. The lowest BCUT2D eigenvalue weighted by atomic mass is 10.2. The zero-order valence-electron chi connectivity index (χ0n) is 13.1. The molecule has 1 unspecified atom stereocenters. The first-order chi connectivity index (χ1) is 9.97. The molecule has 21 heavy (non-hydrogen) atoms. The molecule has 0 aliphatic rings. The predicted molar refractivity (Wildman–Crippen MR) is 86.1 cm³/mol. The Morgan fingerprint density at radius 2 is 2.10 bits per heavy atom. The van der Waals surface area contributed by atoms with Gasteiger partial charge in [-0.1, -0.05) is 20.3 Å². The molecule has 0 saturated heterocycles. The second-order valence-electron chi connectivity index (χ2n) is 5.21. The minimum Gasteiger partial charge on any atom is -0.271 e. The molecule has 0 amide bonds. The Labute approximate surface area is 133 Å². The first-order valence-corrected chi connectivity index (χ1v) is 9.55. The van der Waals surface area contributed by atoms with Crippen LogP contribution in [-0.4, -0.2) is 41.0 Å². The molecule has 1 heterocycles. The molecule has 1 atom stereocenters. The van der Waals surface area contributed by atoms with Crippen LogP contribution in [0.25, 0.3) is 0 Å². The molecule has 0 N–H and O–H groups in total. The number of nitrogens with zero attached hydrogens (tertiary/aromatic N) is 3. The molecular weight excluding hydrogens is 310 g/mol. The van der Waals surface area contributed by atoms with E-state index in [1.807, 2.05) is 13.8 Å². The summed E-state index contributed by atoms with van der Waals surface area (Å²) in [7, 11) is -3.47. The molecule has 1 rings (SSSR count). The lowest BCUT2D eigenvalue weighted by Crippen LogP contribution is -2.38. The molecule has 0 spiro atoms. The minimum atomic E-state index is -3.47. The van der Waals surface area contributed by atoms with Crippen molar-refractivity contribution >= 4 is 21.6 Å². The van der Waals surface area contributed by atoms with E-state index in [0.717, 1.165) is 25.7 Å². The number of aromatic nitrogens is 2. The van der Waals surface area contributed by atoms with Crippen LogP contribution in [0.3, 0.4) is 0 Å². The molecule has 0 fully saturated rings. The molecule has 122 valence electrons. The normalized spacial score (nSPS) is 13.8. The fourth-order valence-electron chi connectivity index (χ4n) is 2.05. The van der Waals surface area contributed by atoms with Gasteiger partial charge in [-0.25, -0.2) is 8.42 Å². The van der Waals surface area contributed by atoms with E-state index in [4.69, 9.17) is 11.6 Å². The van der Waals surface area contributed by atoms with Gasteiger partial charge in [0, 0.05) is 31.2 Å². The van der Waals surface area contributed by atoms with Crippen LogP contribution in [0.4, 0.5) is 0 Å². The second-order valence-corrected chi connectivity index (χ2v) is 7.48. The van der Waals surface area contributed by atoms with Crippen molar-refractivity contribution in [2.24, 2.45) is 0 Å². The number of alkyl halides is 1. The van der Waals surface area contributed by atoms with E-state index in [2.05, 4.69) is 12.0 Å². The van der Waals surface area contributed by atoms with Gasteiger partial charge in [-0.15, -0.1) is 11.6 Å². The summed E-state index contributed by atoms with van der Waals surface area (Å²) in [6.07, 6.45) is 6.44. The summed E-state index contributed by atoms with van der Waals surface area (Å²) in [6, 6.07) is -0.00672. The summed E-state index contributed by atoms with van der Waals surface area (Å²) in [4.78, 5) is 0.272. The van der Waals surface area contributed by atoms with Crippen LogP contribution in [-0.2, 0) is 16.6 Å². The highest BCUT2D eigenvalue weighted by molar-refractivity contribution is 7.89. The largest absolute Gasteiger partial charge is 0.271 e. The zero-order chi connectivity index (χ0) is 15.9. The lowest BCUT2D eigenvalue weighted by molar-refractivity contribution is 0.324. The van der Waals surface area contributed by atoms with Crippen LogP contribution in [0.5, 0.6) is 0 Å². The maximum absolute atomic E-state index is 12.8. The molecule has 0 saturated carbocycles. The smallest absolute Gasteiger partial charge is 0.246 e. The Morgan fingerprint density at radius 3 is 2.67 bits per heavy atom. The van der Waals surface area contributed by atoms with Crippen LogP contribution in [0.2, 0.25) is 0 Å². The van der Waals surface area contributed by atoms with E-state index in [-0.39, 0.29) is 10.9 Å². The Morgan fingerprint density at radius 1 is 1.38 bits per heavy atom. The van der Waals surface area contributed by atoms with Crippen LogP contribution in [0.15, 0.2) is 17.3 Å². The van der Waals surface area contributed by atoms with Gasteiger partial charge in [0.05, 0.1) is 6.20 Å². The van der Waals surface area contributed by atoms with Crippen molar-refractivity contribution in [2.45, 2.75) is 63.9 Å². The number of rotatable bonds is 10. The number of hydrogen-bond acceptors (Lipinski definition) is 3. The molecule has 0 aliphatic carbocycles. The van der Waals surface area contributed by atoms with Gasteiger partial charge in [-0.3, -0.25) is 4.68 Å². The van der Waals surface area contributed by atoms with Gasteiger partial charge in [0.2, 0.25) is 10.0 Å². The summed E-state index contributed by atoms with van der Waals surface area (Å²) in [5.74, 6) is 0.539. The van der Waals surface area contributed by atoms with Crippen LogP contribution in [0, 0.1) is 0 Å². The molecule has 0 bridgehead atoms. The Hall–Kier alpha value is -0.590. The lowest BCUT2D eigenvalue weighted by Gasteiger charge is -2.26. The quantitative estimate of drug-likeness (QED) is 0.617. The van der Waals surface area contributed by atoms with Crippen molar-refractivity contribution in [3.05, 3.63) is 12.4 Å². The molecule has 0 radical (unpaired) electrons. The maximum Gasteiger partial charge on any atom is 0.246 e. The van der Waals surface area contributed by atoms with Gasteiger partial charge in [0.15, 0.2) is 0 Å². The van der Waals surface area contributed by atoms with Gasteiger partial charge in [0.25, 0.3) is 0 Å². The maximum atomic E-state index is 12.8. The highest BCUT2D eigenvalue weighted by Crippen LogP contribution is 2.20. The standard InChI is InChI=1S/C14H26ClN3O2S/c1-4-6-10-18(13(3)5-2)21(19,20)14-11-16-17(12-14)9-7-8-15/h11-13H,4-10H2,1-3H3. The van der Waals surface area contributed by atoms with Crippen LogP contribution >= 0.6 is 11.6 Å². The van der Waals surface area contributed by atoms with Crippen molar-refractivity contribution < 1.29 is 8.42 Å².